The van der Waals surface area contributed by atoms with Gasteiger partial charge in [0, 0.05) is 18.2 Å². The number of hydrogen-bond acceptors (Lipinski definition) is 3. The Hall–Kier alpha value is -0.410. The number of thioether (sulfide) groups is 1. The molecule has 1 atom stereocenters. The molecule has 0 saturated heterocycles. The van der Waals surface area contributed by atoms with Crippen LogP contribution >= 0.6 is 11.8 Å². The molecule has 0 amide bonds. The summed E-state index contributed by atoms with van der Waals surface area (Å²) in [5, 5.41) is 3.32. The van der Waals surface area contributed by atoms with Gasteiger partial charge in [0.15, 0.2) is 0 Å². The topological polar surface area (TPSA) is 25.2 Å². The molecule has 0 bridgehead atoms. The van der Waals surface area contributed by atoms with Crippen molar-refractivity contribution in [3.05, 3.63) is 24.2 Å². The molecule has 0 spiro atoms. The lowest BCUT2D eigenvalue weighted by molar-refractivity contribution is 0.474. The fourth-order valence-electron chi connectivity index (χ4n) is 1.29. The predicted octanol–water partition coefficient (Wildman–Crippen LogP) is 2.55. The fraction of sp³-hybridized carbons (Fsp3) is 0.636. The Morgan fingerprint density at radius 3 is 3.00 bits per heavy atom. The average molecular weight is 213 g/mol. The molecule has 14 heavy (non-hydrogen) atoms. The third-order valence-corrected chi connectivity index (χ3v) is 3.44. The monoisotopic (exact) mass is 213 g/mol. The van der Waals surface area contributed by atoms with E-state index in [1.165, 1.54) is 12.2 Å². The van der Waals surface area contributed by atoms with Gasteiger partial charge in [-0.2, -0.15) is 11.8 Å². The first kappa shape index (κ1) is 11.7. The van der Waals surface area contributed by atoms with Gasteiger partial charge in [-0.25, -0.2) is 0 Å². The highest BCUT2D eigenvalue weighted by Gasteiger charge is 2.08. The molecule has 1 aromatic rings. The summed E-state index contributed by atoms with van der Waals surface area (Å²) >= 11 is 2.00. The van der Waals surface area contributed by atoms with E-state index in [1.54, 1.807) is 6.26 Å². The van der Waals surface area contributed by atoms with Crippen molar-refractivity contribution < 1.29 is 4.42 Å². The largest absolute Gasteiger partial charge is 0.469 e. The fourth-order valence-corrected chi connectivity index (χ4v) is 2.31. The molecule has 1 aromatic heterocycles. The standard InChI is InChI=1S/C11H19NOS/c1-3-7-14-9-10(12-2)8-11-5-4-6-13-11/h4-6,10,12H,3,7-9H2,1-2H3. The van der Waals surface area contributed by atoms with Gasteiger partial charge in [0.25, 0.3) is 0 Å². The maximum atomic E-state index is 5.32. The maximum absolute atomic E-state index is 5.32. The summed E-state index contributed by atoms with van der Waals surface area (Å²) in [5.74, 6) is 3.47. The quantitative estimate of drug-likeness (QED) is 0.705. The van der Waals surface area contributed by atoms with Crippen LogP contribution in [0.25, 0.3) is 0 Å². The summed E-state index contributed by atoms with van der Waals surface area (Å²) in [6.07, 6.45) is 3.98. The van der Waals surface area contributed by atoms with Crippen molar-refractivity contribution in [2.24, 2.45) is 0 Å². The SMILES string of the molecule is CCCSCC(Cc1ccco1)NC. The van der Waals surface area contributed by atoms with E-state index in [0.29, 0.717) is 6.04 Å². The molecule has 0 saturated carbocycles. The number of furan rings is 1. The highest BCUT2D eigenvalue weighted by Crippen LogP contribution is 2.10. The molecule has 1 N–H and O–H groups in total. The van der Waals surface area contributed by atoms with Crippen molar-refractivity contribution in [3.8, 4) is 0 Å². The van der Waals surface area contributed by atoms with Gasteiger partial charge in [0.05, 0.1) is 6.26 Å². The average Bonchev–Trinajstić information content (AvgIpc) is 2.69. The van der Waals surface area contributed by atoms with Crippen LogP contribution in [0.5, 0.6) is 0 Å². The van der Waals surface area contributed by atoms with Gasteiger partial charge in [0.2, 0.25) is 0 Å². The van der Waals surface area contributed by atoms with Crippen LogP contribution in [0.4, 0.5) is 0 Å². The summed E-state index contributed by atoms with van der Waals surface area (Å²) in [4.78, 5) is 0. The van der Waals surface area contributed by atoms with E-state index in [4.69, 9.17) is 4.42 Å². The van der Waals surface area contributed by atoms with Crippen LogP contribution in [0.1, 0.15) is 19.1 Å². The Bertz CT molecular complexity index is 223. The summed E-state index contributed by atoms with van der Waals surface area (Å²) in [7, 11) is 2.01. The molecule has 2 nitrogen and oxygen atoms in total. The molecule has 0 aromatic carbocycles. The second-order valence-corrected chi connectivity index (χ2v) is 4.49. The molecule has 0 fully saturated rings. The van der Waals surface area contributed by atoms with Crippen molar-refractivity contribution >= 4 is 11.8 Å². The highest BCUT2D eigenvalue weighted by atomic mass is 32.2. The zero-order chi connectivity index (χ0) is 10.2. The van der Waals surface area contributed by atoms with E-state index < -0.39 is 0 Å². The van der Waals surface area contributed by atoms with Gasteiger partial charge in [0.1, 0.15) is 5.76 Å². The minimum atomic E-state index is 0.526. The summed E-state index contributed by atoms with van der Waals surface area (Å²) in [6.45, 7) is 2.22. The first-order valence-electron chi connectivity index (χ1n) is 5.14. The highest BCUT2D eigenvalue weighted by molar-refractivity contribution is 7.99. The first-order valence-corrected chi connectivity index (χ1v) is 6.29. The van der Waals surface area contributed by atoms with Crippen LogP contribution in [-0.4, -0.2) is 24.6 Å². The van der Waals surface area contributed by atoms with Crippen molar-refractivity contribution in [1.82, 2.24) is 5.32 Å². The molecule has 1 heterocycles. The van der Waals surface area contributed by atoms with Gasteiger partial charge in [-0.15, -0.1) is 0 Å². The predicted molar refractivity (Wildman–Crippen MR) is 62.9 cm³/mol. The molecule has 0 radical (unpaired) electrons. The minimum absolute atomic E-state index is 0.526. The summed E-state index contributed by atoms with van der Waals surface area (Å²) in [6, 6.07) is 4.51. The third-order valence-electron chi connectivity index (χ3n) is 2.10. The molecule has 0 aliphatic heterocycles. The molecule has 0 aliphatic rings. The van der Waals surface area contributed by atoms with Gasteiger partial charge >= 0.3 is 0 Å². The molecule has 0 aliphatic carbocycles. The zero-order valence-electron chi connectivity index (χ0n) is 8.95. The lowest BCUT2D eigenvalue weighted by Gasteiger charge is -2.13. The zero-order valence-corrected chi connectivity index (χ0v) is 9.77. The molecule has 1 rings (SSSR count). The van der Waals surface area contributed by atoms with Crippen LogP contribution < -0.4 is 5.32 Å². The first-order chi connectivity index (χ1) is 6.86. The lowest BCUT2D eigenvalue weighted by atomic mass is 10.2. The van der Waals surface area contributed by atoms with E-state index >= 15 is 0 Å². The lowest BCUT2D eigenvalue weighted by Crippen LogP contribution is -2.30. The number of likely N-dealkylation sites (N-methyl/N-ethyl adjacent to an activating group) is 1. The second-order valence-electron chi connectivity index (χ2n) is 3.34. The molecule has 3 heteroatoms. The van der Waals surface area contributed by atoms with E-state index in [2.05, 4.69) is 12.2 Å². The Labute approximate surface area is 90.5 Å². The van der Waals surface area contributed by atoms with Crippen molar-refractivity contribution in [3.63, 3.8) is 0 Å². The number of nitrogens with one attached hydrogen (secondary N) is 1. The van der Waals surface area contributed by atoms with E-state index in [-0.39, 0.29) is 0 Å². The van der Waals surface area contributed by atoms with E-state index in [0.717, 1.165) is 17.9 Å². The van der Waals surface area contributed by atoms with Crippen molar-refractivity contribution in [2.75, 3.05) is 18.6 Å². The normalized spacial score (nSPS) is 13.0. The van der Waals surface area contributed by atoms with E-state index in [1.807, 2.05) is 30.9 Å². The Morgan fingerprint density at radius 2 is 2.43 bits per heavy atom. The summed E-state index contributed by atoms with van der Waals surface area (Å²) < 4.78 is 5.32. The smallest absolute Gasteiger partial charge is 0.105 e. The molecular weight excluding hydrogens is 194 g/mol. The van der Waals surface area contributed by atoms with Crippen LogP contribution in [0.3, 0.4) is 0 Å². The minimum Gasteiger partial charge on any atom is -0.469 e. The van der Waals surface area contributed by atoms with Gasteiger partial charge in [-0.05, 0) is 31.4 Å². The van der Waals surface area contributed by atoms with Crippen LogP contribution in [0, 0.1) is 0 Å². The summed E-state index contributed by atoms with van der Waals surface area (Å²) in [5.41, 5.74) is 0. The Kier molecular flexibility index (Phi) is 5.80. The molecular formula is C11H19NOS. The van der Waals surface area contributed by atoms with Gasteiger partial charge in [-0.1, -0.05) is 6.92 Å². The van der Waals surface area contributed by atoms with Gasteiger partial charge in [-0.3, -0.25) is 0 Å². The van der Waals surface area contributed by atoms with Crippen LogP contribution in [0.15, 0.2) is 22.8 Å². The van der Waals surface area contributed by atoms with Crippen molar-refractivity contribution in [2.45, 2.75) is 25.8 Å². The second kappa shape index (κ2) is 6.96. The molecule has 1 unspecified atom stereocenters. The van der Waals surface area contributed by atoms with Crippen LogP contribution in [0.2, 0.25) is 0 Å². The van der Waals surface area contributed by atoms with Gasteiger partial charge < -0.3 is 9.73 Å². The number of rotatable bonds is 7. The number of hydrogen-bond donors (Lipinski definition) is 1. The Morgan fingerprint density at radius 1 is 1.57 bits per heavy atom. The molecule has 80 valence electrons. The van der Waals surface area contributed by atoms with E-state index in [9.17, 15) is 0 Å². The third kappa shape index (κ3) is 4.20. The van der Waals surface area contributed by atoms with Crippen LogP contribution in [-0.2, 0) is 6.42 Å². The maximum Gasteiger partial charge on any atom is 0.105 e. The van der Waals surface area contributed by atoms with Crippen molar-refractivity contribution in [1.29, 1.82) is 0 Å². The Balaban J connectivity index is 2.24.